The number of carbonyl (C=O) groups is 1. The van der Waals surface area contributed by atoms with Crippen molar-refractivity contribution >= 4 is 28.6 Å². The minimum atomic E-state index is -3.66. The number of hydrogen-bond acceptors (Lipinski definition) is 6. The van der Waals surface area contributed by atoms with Crippen LogP contribution in [0, 0.1) is 0 Å². The second kappa shape index (κ2) is 8.37. The van der Waals surface area contributed by atoms with Crippen LogP contribution < -0.4 is 10.2 Å². The van der Waals surface area contributed by atoms with Gasteiger partial charge >= 0.3 is 13.1 Å². The van der Waals surface area contributed by atoms with Gasteiger partial charge in [0.1, 0.15) is 5.60 Å². The first-order chi connectivity index (χ1) is 13.1. The van der Waals surface area contributed by atoms with Crippen molar-refractivity contribution in [2.24, 2.45) is 0 Å². The molecule has 0 amide bonds. The molecule has 9 heteroatoms. The summed E-state index contributed by atoms with van der Waals surface area (Å²) in [4.78, 5) is 11.8. The Morgan fingerprint density at radius 1 is 1.07 bits per heavy atom. The Bertz CT molecular complexity index is 812. The summed E-state index contributed by atoms with van der Waals surface area (Å²) >= 11 is 0. The number of esters is 1. The van der Waals surface area contributed by atoms with Crippen LogP contribution in [0.3, 0.4) is 0 Å². The highest BCUT2D eigenvalue weighted by atomic mass is 32.2. The molecule has 0 aliphatic carbocycles. The molecule has 7 nitrogen and oxygen atoms in total. The van der Waals surface area contributed by atoms with Crippen LogP contribution in [0.4, 0.5) is 0 Å². The first-order valence-corrected chi connectivity index (χ1v) is 11.3. The highest BCUT2D eigenvalue weighted by Crippen LogP contribution is 2.36. The molecular weight excluding hydrogens is 393 g/mol. The van der Waals surface area contributed by atoms with Crippen molar-refractivity contribution in [2.75, 3.05) is 6.54 Å². The third-order valence-electron chi connectivity index (χ3n) is 4.99. The minimum Gasteiger partial charge on any atom is -0.460 e. The molecule has 1 aromatic carbocycles. The lowest BCUT2D eigenvalue weighted by atomic mass is 9.79. The fraction of sp³-hybridized carbons (Fsp3) is 0.650. The summed E-state index contributed by atoms with van der Waals surface area (Å²) in [6.07, 6.45) is 0.515. The zero-order valence-corrected chi connectivity index (χ0v) is 19.2. The van der Waals surface area contributed by atoms with Gasteiger partial charge in [-0.05, 0) is 72.5 Å². The van der Waals surface area contributed by atoms with Crippen molar-refractivity contribution in [3.8, 4) is 0 Å². The van der Waals surface area contributed by atoms with Crippen molar-refractivity contribution in [3.05, 3.63) is 24.3 Å². The second-order valence-electron chi connectivity index (χ2n) is 9.25. The van der Waals surface area contributed by atoms with Gasteiger partial charge < -0.3 is 14.0 Å². The molecule has 1 saturated heterocycles. The number of rotatable bonds is 7. The van der Waals surface area contributed by atoms with Gasteiger partial charge in [0, 0.05) is 13.0 Å². The van der Waals surface area contributed by atoms with Crippen LogP contribution in [0.5, 0.6) is 0 Å². The lowest BCUT2D eigenvalue weighted by Gasteiger charge is -2.32. The van der Waals surface area contributed by atoms with E-state index in [-0.39, 0.29) is 23.8 Å². The van der Waals surface area contributed by atoms with E-state index in [1.165, 1.54) is 12.1 Å². The maximum absolute atomic E-state index is 12.5. The van der Waals surface area contributed by atoms with E-state index in [9.17, 15) is 13.2 Å². The van der Waals surface area contributed by atoms with Gasteiger partial charge in [-0.3, -0.25) is 4.79 Å². The predicted molar refractivity (Wildman–Crippen MR) is 112 cm³/mol. The smallest absolute Gasteiger partial charge is 0.460 e. The van der Waals surface area contributed by atoms with E-state index in [0.717, 1.165) is 5.46 Å². The van der Waals surface area contributed by atoms with Crippen molar-refractivity contribution in [1.82, 2.24) is 4.72 Å². The largest absolute Gasteiger partial charge is 0.494 e. The fourth-order valence-electron chi connectivity index (χ4n) is 2.70. The van der Waals surface area contributed by atoms with Gasteiger partial charge in [-0.15, -0.1) is 0 Å². The standard InChI is InChI=1S/C20H32BNO6S/c1-18(2,3)26-17(23)9-8-14-22-29(24,25)16-12-10-15(11-13-16)21-27-19(4,5)20(6,7)28-21/h10-13,22H,8-9,14H2,1-7H3. The number of nitrogens with one attached hydrogen (secondary N) is 1. The Morgan fingerprint density at radius 2 is 1.59 bits per heavy atom. The Hall–Kier alpha value is -1.42. The maximum atomic E-state index is 12.5. The summed E-state index contributed by atoms with van der Waals surface area (Å²) in [6, 6.07) is 6.43. The van der Waals surface area contributed by atoms with E-state index in [0.29, 0.717) is 6.42 Å². The van der Waals surface area contributed by atoms with Crippen LogP contribution >= 0.6 is 0 Å². The molecule has 1 aliphatic heterocycles. The molecule has 0 bridgehead atoms. The molecule has 0 aromatic heterocycles. The molecule has 1 aromatic rings. The normalized spacial score (nSPS) is 18.7. The molecule has 1 N–H and O–H groups in total. The monoisotopic (exact) mass is 425 g/mol. The van der Waals surface area contributed by atoms with Crippen LogP contribution in [-0.2, 0) is 28.9 Å². The van der Waals surface area contributed by atoms with Crippen molar-refractivity contribution in [2.45, 2.75) is 83.0 Å². The SMILES string of the molecule is CC(C)(C)OC(=O)CCCNS(=O)(=O)c1ccc(B2OC(C)(C)C(C)(C)O2)cc1. The number of carbonyl (C=O) groups excluding carboxylic acids is 1. The molecule has 29 heavy (non-hydrogen) atoms. The molecule has 1 aliphatic rings. The van der Waals surface area contributed by atoms with Crippen LogP contribution in [0.15, 0.2) is 29.2 Å². The fourth-order valence-corrected chi connectivity index (χ4v) is 3.77. The highest BCUT2D eigenvalue weighted by Gasteiger charge is 2.51. The second-order valence-corrected chi connectivity index (χ2v) is 11.0. The van der Waals surface area contributed by atoms with E-state index in [1.54, 1.807) is 32.9 Å². The number of sulfonamides is 1. The van der Waals surface area contributed by atoms with Gasteiger partial charge in [0.15, 0.2) is 0 Å². The summed E-state index contributed by atoms with van der Waals surface area (Å²) in [6.45, 7) is 13.4. The van der Waals surface area contributed by atoms with Gasteiger partial charge in [0.05, 0.1) is 16.1 Å². The van der Waals surface area contributed by atoms with Crippen LogP contribution in [-0.4, -0.2) is 44.9 Å². The molecule has 1 fully saturated rings. The molecule has 0 unspecified atom stereocenters. The molecule has 1 heterocycles. The van der Waals surface area contributed by atoms with E-state index in [4.69, 9.17) is 14.0 Å². The van der Waals surface area contributed by atoms with Gasteiger partial charge in [-0.1, -0.05) is 12.1 Å². The average molecular weight is 425 g/mol. The summed E-state index contributed by atoms with van der Waals surface area (Å²) in [7, 11) is -4.21. The topological polar surface area (TPSA) is 90.9 Å². The first kappa shape index (κ1) is 23.9. The first-order valence-electron chi connectivity index (χ1n) is 9.80. The van der Waals surface area contributed by atoms with Crippen LogP contribution in [0.25, 0.3) is 0 Å². The number of benzene rings is 1. The quantitative estimate of drug-likeness (QED) is 0.410. The zero-order valence-electron chi connectivity index (χ0n) is 18.4. The number of hydrogen-bond donors (Lipinski definition) is 1. The van der Waals surface area contributed by atoms with Crippen molar-refractivity contribution in [1.29, 1.82) is 0 Å². The summed E-state index contributed by atoms with van der Waals surface area (Å²) in [5.74, 6) is -0.344. The predicted octanol–water partition coefficient (Wildman–Crippen LogP) is 2.39. The summed E-state index contributed by atoms with van der Waals surface area (Å²) < 4.78 is 44.6. The molecule has 0 atom stereocenters. The molecule has 0 spiro atoms. The van der Waals surface area contributed by atoms with Gasteiger partial charge in [-0.2, -0.15) is 0 Å². The van der Waals surface area contributed by atoms with E-state index in [1.807, 2.05) is 27.7 Å². The minimum absolute atomic E-state index is 0.148. The molecule has 0 radical (unpaired) electrons. The lowest BCUT2D eigenvalue weighted by Crippen LogP contribution is -2.41. The van der Waals surface area contributed by atoms with E-state index < -0.39 is 33.9 Å². The van der Waals surface area contributed by atoms with Crippen LogP contribution in [0.2, 0.25) is 0 Å². The van der Waals surface area contributed by atoms with Crippen molar-refractivity contribution in [3.63, 3.8) is 0 Å². The Balaban J connectivity index is 1.91. The molecule has 2 rings (SSSR count). The van der Waals surface area contributed by atoms with Crippen LogP contribution in [0.1, 0.15) is 61.3 Å². The van der Waals surface area contributed by atoms with Crippen molar-refractivity contribution < 1.29 is 27.3 Å². The summed E-state index contributed by atoms with van der Waals surface area (Å²) in [5.41, 5.74) is -0.710. The molecule has 162 valence electrons. The third kappa shape index (κ3) is 6.28. The highest BCUT2D eigenvalue weighted by molar-refractivity contribution is 7.89. The maximum Gasteiger partial charge on any atom is 0.494 e. The van der Waals surface area contributed by atoms with Gasteiger partial charge in [0.25, 0.3) is 0 Å². The van der Waals surface area contributed by atoms with E-state index in [2.05, 4.69) is 4.72 Å². The molecular formula is C20H32BNO6S. The lowest BCUT2D eigenvalue weighted by molar-refractivity contribution is -0.154. The molecule has 0 saturated carbocycles. The summed E-state index contributed by atoms with van der Waals surface area (Å²) in [5, 5.41) is 0. The van der Waals surface area contributed by atoms with Gasteiger partial charge in [-0.25, -0.2) is 13.1 Å². The van der Waals surface area contributed by atoms with Gasteiger partial charge in [0.2, 0.25) is 10.0 Å². The number of ether oxygens (including phenoxy) is 1. The zero-order chi connectivity index (χ0) is 22.1. The average Bonchev–Trinajstić information content (AvgIpc) is 2.78. The third-order valence-corrected chi connectivity index (χ3v) is 6.46. The Labute approximate surface area is 174 Å². The Kier molecular flexibility index (Phi) is 6.89. The van der Waals surface area contributed by atoms with E-state index >= 15 is 0 Å². The Morgan fingerprint density at radius 3 is 2.07 bits per heavy atom.